The zero-order chi connectivity index (χ0) is 14.1. The van der Waals surface area contributed by atoms with Crippen LogP contribution < -0.4 is 0 Å². The number of fused-ring (bicyclic) bond motifs is 1. The first-order valence-electron chi connectivity index (χ1n) is 6.95. The molecule has 3 heteroatoms. The second kappa shape index (κ2) is 4.97. The van der Waals surface area contributed by atoms with E-state index in [1.807, 2.05) is 31.2 Å². The Morgan fingerprint density at radius 3 is 2.74 bits per heavy atom. The molecule has 1 aliphatic rings. The predicted molar refractivity (Wildman–Crippen MR) is 74.2 cm³/mol. The van der Waals surface area contributed by atoms with Crippen LogP contribution in [0.4, 0.5) is 0 Å². The van der Waals surface area contributed by atoms with Crippen LogP contribution in [0.15, 0.2) is 24.3 Å². The number of hydrogen-bond donors (Lipinski definition) is 2. The maximum atomic E-state index is 11.9. The minimum absolute atomic E-state index is 0.281. The second-order valence-electron chi connectivity index (χ2n) is 5.93. The van der Waals surface area contributed by atoms with Crippen molar-refractivity contribution in [3.63, 3.8) is 0 Å². The van der Waals surface area contributed by atoms with Crippen LogP contribution in [0.5, 0.6) is 0 Å². The molecule has 3 nitrogen and oxygen atoms in total. The number of aryl methyl sites for hydroxylation is 1. The highest BCUT2D eigenvalue weighted by molar-refractivity contribution is 5.82. The van der Waals surface area contributed by atoms with Crippen LogP contribution in [0, 0.1) is 0 Å². The molecule has 1 aromatic rings. The second-order valence-corrected chi connectivity index (χ2v) is 5.93. The maximum absolute atomic E-state index is 11.9. The molecule has 0 spiro atoms. The van der Waals surface area contributed by atoms with Crippen LogP contribution in [0.1, 0.15) is 50.7 Å². The fourth-order valence-corrected chi connectivity index (χ4v) is 3.18. The van der Waals surface area contributed by atoms with Gasteiger partial charge in [0.2, 0.25) is 0 Å². The van der Waals surface area contributed by atoms with Gasteiger partial charge in [0.05, 0.1) is 11.0 Å². The molecule has 0 fully saturated rings. The molecule has 0 radical (unpaired) electrons. The van der Waals surface area contributed by atoms with Gasteiger partial charge in [0.15, 0.2) is 0 Å². The van der Waals surface area contributed by atoms with Gasteiger partial charge in [0.1, 0.15) is 0 Å². The molecular formula is C16H22O3. The molecule has 0 heterocycles. The van der Waals surface area contributed by atoms with E-state index in [4.69, 9.17) is 0 Å². The largest absolute Gasteiger partial charge is 0.481 e. The molecule has 0 aliphatic heterocycles. The number of aliphatic carboxylic acids is 1. The van der Waals surface area contributed by atoms with Gasteiger partial charge in [0, 0.05) is 0 Å². The first-order valence-corrected chi connectivity index (χ1v) is 6.95. The summed E-state index contributed by atoms with van der Waals surface area (Å²) in [6, 6.07) is 7.76. The number of hydrogen-bond acceptors (Lipinski definition) is 2. The van der Waals surface area contributed by atoms with Crippen molar-refractivity contribution >= 4 is 5.97 Å². The summed E-state index contributed by atoms with van der Waals surface area (Å²) in [6.07, 6.45) is 3.24. The highest BCUT2D eigenvalue weighted by atomic mass is 16.4. The van der Waals surface area contributed by atoms with Crippen molar-refractivity contribution in [3.05, 3.63) is 35.4 Å². The Balaban J connectivity index is 2.50. The summed E-state index contributed by atoms with van der Waals surface area (Å²) in [6.45, 7) is 3.62. The Kier molecular flexibility index (Phi) is 3.68. The van der Waals surface area contributed by atoms with Gasteiger partial charge in [-0.05, 0) is 50.2 Å². The molecule has 19 heavy (non-hydrogen) atoms. The maximum Gasteiger partial charge on any atom is 0.314 e. The van der Waals surface area contributed by atoms with Gasteiger partial charge in [-0.25, -0.2) is 0 Å². The molecule has 1 aromatic carbocycles. The van der Waals surface area contributed by atoms with Crippen LogP contribution >= 0.6 is 0 Å². The normalized spacial score (nSPS) is 25.4. The van der Waals surface area contributed by atoms with E-state index >= 15 is 0 Å². The van der Waals surface area contributed by atoms with Gasteiger partial charge in [-0.15, -0.1) is 0 Å². The molecule has 0 aromatic heterocycles. The fourth-order valence-electron chi connectivity index (χ4n) is 3.18. The van der Waals surface area contributed by atoms with Crippen molar-refractivity contribution in [2.24, 2.45) is 0 Å². The molecular weight excluding hydrogens is 240 g/mol. The van der Waals surface area contributed by atoms with Crippen molar-refractivity contribution in [2.45, 2.75) is 57.0 Å². The van der Waals surface area contributed by atoms with Crippen molar-refractivity contribution < 1.29 is 15.0 Å². The zero-order valence-electron chi connectivity index (χ0n) is 11.6. The number of rotatable bonds is 4. The summed E-state index contributed by atoms with van der Waals surface area (Å²) in [4.78, 5) is 11.9. The van der Waals surface area contributed by atoms with Gasteiger partial charge in [-0.2, -0.15) is 0 Å². The number of benzene rings is 1. The van der Waals surface area contributed by atoms with E-state index in [1.165, 1.54) is 0 Å². The van der Waals surface area contributed by atoms with Gasteiger partial charge < -0.3 is 10.2 Å². The lowest BCUT2D eigenvalue weighted by atomic mass is 9.64. The fraction of sp³-hybridized carbons (Fsp3) is 0.562. The monoisotopic (exact) mass is 262 g/mol. The van der Waals surface area contributed by atoms with Gasteiger partial charge in [-0.1, -0.05) is 31.2 Å². The first-order chi connectivity index (χ1) is 8.91. The SMILES string of the molecule is CCC(C)(O)CC1(C(=O)O)CCCc2ccccc21. The smallest absolute Gasteiger partial charge is 0.314 e. The van der Waals surface area contributed by atoms with E-state index in [0.29, 0.717) is 12.8 Å². The molecule has 0 saturated carbocycles. The van der Waals surface area contributed by atoms with Gasteiger partial charge >= 0.3 is 5.97 Å². The lowest BCUT2D eigenvalue weighted by Crippen LogP contribution is -2.45. The van der Waals surface area contributed by atoms with Crippen molar-refractivity contribution in [2.75, 3.05) is 0 Å². The first kappa shape index (κ1) is 14.1. The Morgan fingerprint density at radius 2 is 2.11 bits per heavy atom. The van der Waals surface area contributed by atoms with E-state index in [9.17, 15) is 15.0 Å². The van der Waals surface area contributed by atoms with Crippen LogP contribution in [-0.4, -0.2) is 21.8 Å². The number of carboxylic acid groups (broad SMARTS) is 1. The summed E-state index contributed by atoms with van der Waals surface area (Å²) in [5.41, 5.74) is 0.127. The molecule has 1 aliphatic carbocycles. The number of carbonyl (C=O) groups is 1. The molecule has 0 bridgehead atoms. The Bertz CT molecular complexity index is 479. The van der Waals surface area contributed by atoms with E-state index in [1.54, 1.807) is 6.92 Å². The average Bonchev–Trinajstić information content (AvgIpc) is 2.38. The van der Waals surface area contributed by atoms with E-state index in [2.05, 4.69) is 0 Å². The van der Waals surface area contributed by atoms with E-state index in [-0.39, 0.29) is 6.42 Å². The van der Waals surface area contributed by atoms with Crippen LogP contribution in [0.3, 0.4) is 0 Å². The third-order valence-corrected chi connectivity index (χ3v) is 4.44. The molecule has 2 atom stereocenters. The van der Waals surface area contributed by atoms with Crippen LogP contribution in [0.25, 0.3) is 0 Å². The number of aliphatic hydroxyl groups is 1. The Labute approximate surface area is 114 Å². The van der Waals surface area contributed by atoms with Crippen LogP contribution in [0.2, 0.25) is 0 Å². The molecule has 2 N–H and O–H groups in total. The van der Waals surface area contributed by atoms with E-state index < -0.39 is 17.0 Å². The summed E-state index contributed by atoms with van der Waals surface area (Å²) in [5, 5.41) is 20.1. The molecule has 0 amide bonds. The summed E-state index contributed by atoms with van der Waals surface area (Å²) in [5.74, 6) is -0.812. The summed E-state index contributed by atoms with van der Waals surface area (Å²) >= 11 is 0. The predicted octanol–water partition coefficient (Wildman–Crippen LogP) is 2.90. The standard InChI is InChI=1S/C16H22O3/c1-3-15(2,19)11-16(14(17)18)10-6-8-12-7-4-5-9-13(12)16/h4-5,7,9,19H,3,6,8,10-11H2,1-2H3,(H,17,18). The summed E-state index contributed by atoms with van der Waals surface area (Å²) in [7, 11) is 0. The van der Waals surface area contributed by atoms with E-state index in [0.717, 1.165) is 24.0 Å². The summed E-state index contributed by atoms with van der Waals surface area (Å²) < 4.78 is 0. The van der Waals surface area contributed by atoms with Crippen LogP contribution in [-0.2, 0) is 16.6 Å². The molecule has 2 unspecified atom stereocenters. The van der Waals surface area contributed by atoms with Gasteiger partial charge in [-0.3, -0.25) is 4.79 Å². The van der Waals surface area contributed by atoms with Gasteiger partial charge in [0.25, 0.3) is 0 Å². The molecule has 0 saturated heterocycles. The Morgan fingerprint density at radius 1 is 1.42 bits per heavy atom. The highest BCUT2D eigenvalue weighted by Crippen LogP contribution is 2.43. The topological polar surface area (TPSA) is 57.5 Å². The third-order valence-electron chi connectivity index (χ3n) is 4.44. The molecule has 104 valence electrons. The third kappa shape index (κ3) is 2.52. The zero-order valence-corrected chi connectivity index (χ0v) is 11.6. The van der Waals surface area contributed by atoms with Crippen molar-refractivity contribution in [3.8, 4) is 0 Å². The lowest BCUT2D eigenvalue weighted by molar-refractivity contribution is -0.147. The Hall–Kier alpha value is -1.35. The minimum Gasteiger partial charge on any atom is -0.481 e. The van der Waals surface area contributed by atoms with Crippen molar-refractivity contribution in [1.29, 1.82) is 0 Å². The number of carboxylic acids is 1. The average molecular weight is 262 g/mol. The van der Waals surface area contributed by atoms with Crippen molar-refractivity contribution in [1.82, 2.24) is 0 Å². The molecule has 2 rings (SSSR count). The highest BCUT2D eigenvalue weighted by Gasteiger charge is 2.47. The lowest BCUT2D eigenvalue weighted by Gasteiger charge is -2.40. The quantitative estimate of drug-likeness (QED) is 0.877. The minimum atomic E-state index is -0.942.